The van der Waals surface area contributed by atoms with Crippen LogP contribution in [-0.2, 0) is 5.54 Å². The molecule has 2 heteroatoms. The molecule has 0 aromatic carbocycles. The van der Waals surface area contributed by atoms with E-state index in [2.05, 4.69) is 50.4 Å². The van der Waals surface area contributed by atoms with Crippen LogP contribution in [0.15, 0.2) is 18.7 Å². The minimum absolute atomic E-state index is 0.168. The van der Waals surface area contributed by atoms with Gasteiger partial charge in [-0.2, -0.15) is 0 Å². The number of aromatic nitrogens is 2. The van der Waals surface area contributed by atoms with Gasteiger partial charge in [0.05, 0.1) is 6.33 Å². The van der Waals surface area contributed by atoms with Crippen molar-refractivity contribution < 1.29 is 0 Å². The Balaban J connectivity index is 2.31. The summed E-state index contributed by atoms with van der Waals surface area (Å²) in [7, 11) is 0. The summed E-state index contributed by atoms with van der Waals surface area (Å²) in [6.45, 7) is 11.8. The van der Waals surface area contributed by atoms with Gasteiger partial charge in [-0.15, -0.1) is 0 Å². The Hall–Kier alpha value is -0.790. The van der Waals surface area contributed by atoms with Crippen molar-refractivity contribution in [1.29, 1.82) is 0 Å². The third-order valence-corrected chi connectivity index (χ3v) is 5.58. The van der Waals surface area contributed by atoms with E-state index in [1.807, 2.05) is 12.5 Å². The van der Waals surface area contributed by atoms with Crippen molar-refractivity contribution in [2.75, 3.05) is 0 Å². The van der Waals surface area contributed by atoms with Gasteiger partial charge in [0.25, 0.3) is 0 Å². The van der Waals surface area contributed by atoms with Gasteiger partial charge >= 0.3 is 0 Å². The lowest BCUT2D eigenvalue weighted by molar-refractivity contribution is 0.169. The summed E-state index contributed by atoms with van der Waals surface area (Å²) in [6, 6.07) is 0. The molecule has 140 valence electrons. The highest BCUT2D eigenvalue weighted by molar-refractivity contribution is 4.91. The Morgan fingerprint density at radius 2 is 1.50 bits per heavy atom. The highest BCUT2D eigenvalue weighted by Gasteiger charge is 2.30. The molecule has 0 saturated carbocycles. The van der Waals surface area contributed by atoms with Crippen molar-refractivity contribution in [2.45, 2.75) is 111 Å². The SMILES string of the molecule is CCCCCCCCCCC[C@@H](CC(C)C)C(C)(C)n1ccnc1. The third kappa shape index (κ3) is 7.85. The van der Waals surface area contributed by atoms with E-state index in [0.29, 0.717) is 0 Å². The van der Waals surface area contributed by atoms with Crippen LogP contribution < -0.4 is 0 Å². The first-order valence-electron chi connectivity index (χ1n) is 10.5. The van der Waals surface area contributed by atoms with Crippen molar-refractivity contribution >= 4 is 0 Å². The van der Waals surface area contributed by atoms with Crippen LogP contribution in [0.1, 0.15) is 105 Å². The molecule has 0 aliphatic heterocycles. The predicted octanol–water partition coefficient (Wildman–Crippen LogP) is 7.20. The monoisotopic (exact) mass is 334 g/mol. The average Bonchev–Trinajstić information content (AvgIpc) is 3.07. The van der Waals surface area contributed by atoms with Crippen LogP contribution >= 0.6 is 0 Å². The summed E-state index contributed by atoms with van der Waals surface area (Å²) in [5.74, 6) is 1.49. The zero-order valence-corrected chi connectivity index (χ0v) is 17.1. The maximum absolute atomic E-state index is 4.26. The molecule has 1 heterocycles. The van der Waals surface area contributed by atoms with Gasteiger partial charge in [0.1, 0.15) is 0 Å². The number of nitrogens with zero attached hydrogens (tertiary/aromatic N) is 2. The zero-order chi connectivity index (χ0) is 17.8. The van der Waals surface area contributed by atoms with Gasteiger partial charge in [-0.3, -0.25) is 0 Å². The van der Waals surface area contributed by atoms with Crippen LogP contribution in [0.25, 0.3) is 0 Å². The lowest BCUT2D eigenvalue weighted by atomic mass is 9.78. The van der Waals surface area contributed by atoms with E-state index in [4.69, 9.17) is 0 Å². The second kappa shape index (κ2) is 11.7. The van der Waals surface area contributed by atoms with Crippen LogP contribution in [0.2, 0.25) is 0 Å². The van der Waals surface area contributed by atoms with E-state index >= 15 is 0 Å². The van der Waals surface area contributed by atoms with Crippen LogP contribution in [0, 0.1) is 11.8 Å². The van der Waals surface area contributed by atoms with Gasteiger partial charge in [0, 0.05) is 17.9 Å². The normalized spacial score (nSPS) is 13.6. The lowest BCUT2D eigenvalue weighted by Gasteiger charge is -2.37. The van der Waals surface area contributed by atoms with E-state index in [0.717, 1.165) is 11.8 Å². The second-order valence-electron chi connectivity index (χ2n) is 8.57. The number of unbranched alkanes of at least 4 members (excludes halogenated alkanes) is 8. The summed E-state index contributed by atoms with van der Waals surface area (Å²) < 4.78 is 2.31. The zero-order valence-electron chi connectivity index (χ0n) is 17.1. The smallest absolute Gasteiger partial charge is 0.0951 e. The number of hydrogen-bond donors (Lipinski definition) is 0. The van der Waals surface area contributed by atoms with E-state index in [9.17, 15) is 0 Å². The summed E-state index contributed by atoms with van der Waals surface area (Å²) in [6.07, 6.45) is 21.4. The maximum atomic E-state index is 4.26. The first-order chi connectivity index (χ1) is 11.5. The topological polar surface area (TPSA) is 17.8 Å². The Labute approximate surface area is 151 Å². The van der Waals surface area contributed by atoms with Crippen molar-refractivity contribution in [3.63, 3.8) is 0 Å². The molecule has 2 nitrogen and oxygen atoms in total. The predicted molar refractivity (Wildman–Crippen MR) is 106 cm³/mol. The van der Waals surface area contributed by atoms with E-state index in [1.165, 1.54) is 70.6 Å². The Morgan fingerprint density at radius 1 is 0.917 bits per heavy atom. The molecule has 0 aliphatic carbocycles. The summed E-state index contributed by atoms with van der Waals surface area (Å²) in [5.41, 5.74) is 0.168. The molecule has 1 aromatic rings. The molecule has 0 aliphatic rings. The first-order valence-corrected chi connectivity index (χ1v) is 10.5. The third-order valence-electron chi connectivity index (χ3n) is 5.58. The Kier molecular flexibility index (Phi) is 10.4. The van der Waals surface area contributed by atoms with Crippen LogP contribution in [0.5, 0.6) is 0 Å². The molecule has 1 rings (SSSR count). The molecular weight excluding hydrogens is 292 g/mol. The maximum Gasteiger partial charge on any atom is 0.0951 e. The molecule has 0 bridgehead atoms. The summed E-state index contributed by atoms with van der Waals surface area (Å²) >= 11 is 0. The molecule has 0 amide bonds. The van der Waals surface area contributed by atoms with Crippen molar-refractivity contribution in [1.82, 2.24) is 9.55 Å². The molecule has 0 unspecified atom stereocenters. The van der Waals surface area contributed by atoms with Gasteiger partial charge in [-0.05, 0) is 38.5 Å². The van der Waals surface area contributed by atoms with Gasteiger partial charge in [0.2, 0.25) is 0 Å². The van der Waals surface area contributed by atoms with Crippen molar-refractivity contribution in [2.24, 2.45) is 11.8 Å². The summed E-state index contributed by atoms with van der Waals surface area (Å²) in [5, 5.41) is 0. The molecule has 1 aromatic heterocycles. The fraction of sp³-hybridized carbons (Fsp3) is 0.864. The quantitative estimate of drug-likeness (QED) is 0.329. The molecule has 0 fully saturated rings. The number of imidazole rings is 1. The lowest BCUT2D eigenvalue weighted by Crippen LogP contribution is -2.35. The standard InChI is InChI=1S/C22H42N2/c1-6-7-8-9-10-11-12-13-14-15-21(18-20(2)3)22(4,5)24-17-16-23-19-24/h16-17,19-21H,6-15,18H2,1-5H3/t21-/m0/s1. The van der Waals surface area contributed by atoms with E-state index in [-0.39, 0.29) is 5.54 Å². The number of rotatable bonds is 14. The Morgan fingerprint density at radius 3 is 2.00 bits per heavy atom. The van der Waals surface area contributed by atoms with Crippen molar-refractivity contribution in [3.8, 4) is 0 Å². The first kappa shape index (κ1) is 21.3. The van der Waals surface area contributed by atoms with E-state index in [1.54, 1.807) is 0 Å². The van der Waals surface area contributed by atoms with Gasteiger partial charge in [-0.25, -0.2) is 4.98 Å². The minimum Gasteiger partial charge on any atom is -0.332 e. The van der Waals surface area contributed by atoms with Gasteiger partial charge in [0.15, 0.2) is 0 Å². The summed E-state index contributed by atoms with van der Waals surface area (Å²) in [4.78, 5) is 4.26. The minimum atomic E-state index is 0.168. The second-order valence-corrected chi connectivity index (χ2v) is 8.57. The van der Waals surface area contributed by atoms with Gasteiger partial charge in [-0.1, -0.05) is 78.6 Å². The highest BCUT2D eigenvalue weighted by Crippen LogP contribution is 2.34. The molecule has 24 heavy (non-hydrogen) atoms. The van der Waals surface area contributed by atoms with Crippen LogP contribution in [-0.4, -0.2) is 9.55 Å². The van der Waals surface area contributed by atoms with Crippen molar-refractivity contribution in [3.05, 3.63) is 18.7 Å². The average molecular weight is 335 g/mol. The molecule has 0 N–H and O–H groups in total. The fourth-order valence-electron chi connectivity index (χ4n) is 3.84. The van der Waals surface area contributed by atoms with E-state index < -0.39 is 0 Å². The molecule has 0 radical (unpaired) electrons. The molecular formula is C22H42N2. The highest BCUT2D eigenvalue weighted by atomic mass is 15.1. The van der Waals surface area contributed by atoms with Gasteiger partial charge < -0.3 is 4.57 Å². The largest absolute Gasteiger partial charge is 0.332 e. The Bertz CT molecular complexity index is 392. The molecule has 0 spiro atoms. The fourth-order valence-corrected chi connectivity index (χ4v) is 3.84. The molecule has 1 atom stereocenters. The number of hydrogen-bond acceptors (Lipinski definition) is 1. The molecule has 0 saturated heterocycles. The van der Waals surface area contributed by atoms with Crippen LogP contribution in [0.3, 0.4) is 0 Å². The van der Waals surface area contributed by atoms with Crippen LogP contribution in [0.4, 0.5) is 0 Å².